The molecule has 0 spiro atoms. The summed E-state index contributed by atoms with van der Waals surface area (Å²) in [5.41, 5.74) is 9.22. The predicted molar refractivity (Wildman–Crippen MR) is 117 cm³/mol. The summed E-state index contributed by atoms with van der Waals surface area (Å²) in [5, 5.41) is 5.31. The molecule has 6 rings (SSSR count). The van der Waals surface area contributed by atoms with E-state index in [1.807, 2.05) is 0 Å². The van der Waals surface area contributed by atoms with Crippen LogP contribution in [0.15, 0.2) is 84.9 Å². The molecule has 0 atom stereocenters. The van der Waals surface area contributed by atoms with E-state index in [0.29, 0.717) is 0 Å². The molecule has 1 aromatic heterocycles. The Morgan fingerprint density at radius 3 is 2.14 bits per heavy atom. The summed E-state index contributed by atoms with van der Waals surface area (Å²) in [6.45, 7) is 2.24. The summed E-state index contributed by atoms with van der Waals surface area (Å²) in [6.07, 6.45) is 0. The minimum atomic E-state index is 1.26. The van der Waals surface area contributed by atoms with Crippen LogP contribution >= 0.6 is 0 Å². The molecule has 0 fully saturated rings. The van der Waals surface area contributed by atoms with Gasteiger partial charge in [0.25, 0.3) is 0 Å². The highest BCUT2D eigenvalue weighted by atomic mass is 15.0. The SMILES string of the molecule is Cc1c(-c2ccc3c([n+]2C)-c2cccc4cccc-3c24)ccc2ccccc12. The van der Waals surface area contributed by atoms with Crippen LogP contribution in [0.1, 0.15) is 5.56 Å². The first-order valence-corrected chi connectivity index (χ1v) is 9.78. The van der Waals surface area contributed by atoms with Gasteiger partial charge in [0, 0.05) is 17.0 Å². The van der Waals surface area contributed by atoms with Crippen molar-refractivity contribution in [2.24, 2.45) is 7.05 Å². The Kier molecular flexibility index (Phi) is 3.08. The predicted octanol–water partition coefficient (Wildman–Crippen LogP) is 6.44. The van der Waals surface area contributed by atoms with Gasteiger partial charge in [0.1, 0.15) is 7.05 Å². The maximum atomic E-state index is 2.38. The Bertz CT molecular complexity index is 1420. The summed E-state index contributed by atoms with van der Waals surface area (Å²) < 4.78 is 2.38. The number of nitrogens with zero attached hydrogens (tertiary/aromatic N) is 1. The van der Waals surface area contributed by atoms with Crippen molar-refractivity contribution in [1.82, 2.24) is 0 Å². The Balaban J connectivity index is 1.66. The third kappa shape index (κ3) is 1.94. The molecule has 1 aliphatic carbocycles. The van der Waals surface area contributed by atoms with E-state index >= 15 is 0 Å². The Morgan fingerprint density at radius 2 is 1.29 bits per heavy atom. The Morgan fingerprint density at radius 1 is 0.571 bits per heavy atom. The molecule has 0 aliphatic heterocycles. The van der Waals surface area contributed by atoms with Crippen LogP contribution in [-0.4, -0.2) is 0 Å². The second-order valence-electron chi connectivity index (χ2n) is 7.71. The van der Waals surface area contributed by atoms with Crippen molar-refractivity contribution in [1.29, 1.82) is 0 Å². The van der Waals surface area contributed by atoms with Crippen LogP contribution in [0, 0.1) is 6.92 Å². The zero-order valence-electron chi connectivity index (χ0n) is 16.0. The summed E-state index contributed by atoms with van der Waals surface area (Å²) in [4.78, 5) is 0. The molecule has 1 heterocycles. The van der Waals surface area contributed by atoms with Crippen molar-refractivity contribution in [2.45, 2.75) is 6.92 Å². The van der Waals surface area contributed by atoms with E-state index in [-0.39, 0.29) is 0 Å². The molecule has 28 heavy (non-hydrogen) atoms. The molecule has 1 aliphatic rings. The lowest BCUT2D eigenvalue weighted by Gasteiger charge is -2.10. The van der Waals surface area contributed by atoms with Crippen LogP contribution in [-0.2, 0) is 7.05 Å². The lowest BCUT2D eigenvalue weighted by Crippen LogP contribution is -2.34. The number of hydrogen-bond donors (Lipinski definition) is 0. The minimum Gasteiger partial charge on any atom is -0.194 e. The average Bonchev–Trinajstić information content (AvgIpc) is 3.06. The van der Waals surface area contributed by atoms with E-state index in [2.05, 4.69) is 103 Å². The molecule has 0 unspecified atom stereocenters. The average molecular weight is 358 g/mol. The first-order valence-electron chi connectivity index (χ1n) is 9.78. The molecule has 0 amide bonds. The largest absolute Gasteiger partial charge is 0.221 e. The van der Waals surface area contributed by atoms with Gasteiger partial charge in [0.05, 0.1) is 11.1 Å². The van der Waals surface area contributed by atoms with Crippen LogP contribution in [0.4, 0.5) is 0 Å². The third-order valence-corrected chi connectivity index (χ3v) is 6.28. The zero-order chi connectivity index (χ0) is 18.8. The second kappa shape index (κ2) is 5.53. The highest BCUT2D eigenvalue weighted by molar-refractivity contribution is 6.13. The molecule has 0 bridgehead atoms. The molecule has 4 aromatic carbocycles. The molecule has 5 aromatic rings. The molecular weight excluding hydrogens is 338 g/mol. The van der Waals surface area contributed by atoms with Gasteiger partial charge in [-0.1, -0.05) is 60.7 Å². The first kappa shape index (κ1) is 15.6. The van der Waals surface area contributed by atoms with Gasteiger partial charge < -0.3 is 0 Å². The quantitative estimate of drug-likeness (QED) is 0.298. The Hall–Kier alpha value is -3.45. The van der Waals surface area contributed by atoms with Crippen molar-refractivity contribution in [3.63, 3.8) is 0 Å². The normalized spacial score (nSPS) is 11.9. The van der Waals surface area contributed by atoms with Crippen molar-refractivity contribution >= 4 is 21.5 Å². The second-order valence-corrected chi connectivity index (χ2v) is 7.71. The molecule has 0 radical (unpaired) electrons. The van der Waals surface area contributed by atoms with Gasteiger partial charge in [-0.05, 0) is 52.4 Å². The molecule has 1 heteroatoms. The van der Waals surface area contributed by atoms with Crippen molar-refractivity contribution in [3.8, 4) is 33.6 Å². The van der Waals surface area contributed by atoms with E-state index in [4.69, 9.17) is 0 Å². The molecule has 0 saturated heterocycles. The molecule has 132 valence electrons. The number of fused-ring (bicyclic) bond motifs is 4. The number of hydrogen-bond acceptors (Lipinski definition) is 0. The number of rotatable bonds is 1. The highest BCUT2D eigenvalue weighted by Crippen LogP contribution is 2.46. The van der Waals surface area contributed by atoms with Crippen LogP contribution < -0.4 is 4.57 Å². The van der Waals surface area contributed by atoms with Crippen LogP contribution in [0.25, 0.3) is 55.2 Å². The summed E-state index contributed by atoms with van der Waals surface area (Å²) in [5.74, 6) is 0. The minimum absolute atomic E-state index is 1.26. The van der Waals surface area contributed by atoms with Gasteiger partial charge in [-0.2, -0.15) is 4.57 Å². The molecular formula is C27H20N+. The van der Waals surface area contributed by atoms with E-state index in [0.717, 1.165) is 0 Å². The lowest BCUT2D eigenvalue weighted by molar-refractivity contribution is -0.648. The van der Waals surface area contributed by atoms with E-state index < -0.39 is 0 Å². The fraction of sp³-hybridized carbons (Fsp3) is 0.0741. The number of pyridine rings is 1. The molecule has 1 nitrogen and oxygen atoms in total. The van der Waals surface area contributed by atoms with Gasteiger partial charge in [-0.25, -0.2) is 0 Å². The summed E-state index contributed by atoms with van der Waals surface area (Å²) >= 11 is 0. The van der Waals surface area contributed by atoms with Crippen LogP contribution in [0.5, 0.6) is 0 Å². The number of benzene rings is 4. The maximum Gasteiger partial charge on any atom is 0.221 e. The highest BCUT2D eigenvalue weighted by Gasteiger charge is 2.30. The van der Waals surface area contributed by atoms with Crippen LogP contribution in [0.3, 0.4) is 0 Å². The Labute approximate surface area is 164 Å². The first-order chi connectivity index (χ1) is 13.7. The fourth-order valence-electron chi connectivity index (χ4n) is 4.94. The van der Waals surface area contributed by atoms with Gasteiger partial charge in [-0.15, -0.1) is 0 Å². The number of aromatic nitrogens is 1. The van der Waals surface area contributed by atoms with Gasteiger partial charge in [0.15, 0.2) is 0 Å². The smallest absolute Gasteiger partial charge is 0.194 e. The molecule has 0 N–H and O–H groups in total. The van der Waals surface area contributed by atoms with Gasteiger partial charge in [0.2, 0.25) is 11.4 Å². The van der Waals surface area contributed by atoms with E-state index in [9.17, 15) is 0 Å². The van der Waals surface area contributed by atoms with Gasteiger partial charge in [-0.3, -0.25) is 0 Å². The fourth-order valence-corrected chi connectivity index (χ4v) is 4.94. The van der Waals surface area contributed by atoms with E-state index in [1.165, 1.54) is 60.8 Å². The lowest BCUT2D eigenvalue weighted by atomic mass is 9.96. The standard InChI is InChI=1S/C27H20N/c1-17-20-10-4-3-7-18(20)13-14-21(17)25-16-15-23-22-11-5-8-19-9-6-12-24(26(19)22)27(23)28(25)2/h3-16H,1-2H3/q+1. The zero-order valence-corrected chi connectivity index (χ0v) is 16.0. The number of aryl methyl sites for hydroxylation is 1. The van der Waals surface area contributed by atoms with Gasteiger partial charge >= 0.3 is 0 Å². The maximum absolute atomic E-state index is 2.38. The van der Waals surface area contributed by atoms with E-state index in [1.54, 1.807) is 0 Å². The van der Waals surface area contributed by atoms with Crippen LogP contribution in [0.2, 0.25) is 0 Å². The third-order valence-electron chi connectivity index (χ3n) is 6.28. The van der Waals surface area contributed by atoms with Crippen molar-refractivity contribution < 1.29 is 4.57 Å². The topological polar surface area (TPSA) is 3.88 Å². The summed E-state index contributed by atoms with van der Waals surface area (Å²) in [7, 11) is 2.20. The van der Waals surface area contributed by atoms with Crippen molar-refractivity contribution in [2.75, 3.05) is 0 Å². The summed E-state index contributed by atoms with van der Waals surface area (Å²) in [6, 6.07) is 31.0. The monoisotopic (exact) mass is 358 g/mol. The molecule has 0 saturated carbocycles. The van der Waals surface area contributed by atoms with Crippen molar-refractivity contribution in [3.05, 3.63) is 90.5 Å².